The SMILES string of the molecule is CCC(C)c1ccc(S(=O)(=O)Nc2cc(C#N)on2)cc1. The van der Waals surface area contributed by atoms with Gasteiger partial charge < -0.3 is 4.52 Å². The molecule has 0 amide bonds. The summed E-state index contributed by atoms with van der Waals surface area (Å²) in [5, 5.41) is 12.1. The molecule has 0 fully saturated rings. The first-order valence-electron chi connectivity index (χ1n) is 6.46. The Morgan fingerprint density at radius 1 is 1.38 bits per heavy atom. The molecular weight excluding hydrogens is 290 g/mol. The lowest BCUT2D eigenvalue weighted by Crippen LogP contribution is -2.13. The summed E-state index contributed by atoms with van der Waals surface area (Å²) in [6.45, 7) is 4.16. The fraction of sp³-hybridized carbons (Fsp3) is 0.286. The Labute approximate surface area is 123 Å². The molecule has 0 aliphatic carbocycles. The van der Waals surface area contributed by atoms with Gasteiger partial charge in [-0.15, -0.1) is 0 Å². The summed E-state index contributed by atoms with van der Waals surface area (Å²) in [7, 11) is -3.74. The van der Waals surface area contributed by atoms with Crippen LogP contribution in [0.3, 0.4) is 0 Å². The Hall–Kier alpha value is -2.33. The van der Waals surface area contributed by atoms with Gasteiger partial charge in [-0.1, -0.05) is 31.1 Å². The van der Waals surface area contributed by atoms with Crippen LogP contribution in [0.15, 0.2) is 39.8 Å². The fourth-order valence-electron chi connectivity index (χ4n) is 1.78. The van der Waals surface area contributed by atoms with Crippen LogP contribution in [0.1, 0.15) is 37.5 Å². The van der Waals surface area contributed by atoms with Crippen LogP contribution < -0.4 is 4.72 Å². The molecule has 1 heterocycles. The average molecular weight is 305 g/mol. The minimum atomic E-state index is -3.74. The molecule has 0 aliphatic heterocycles. The highest BCUT2D eigenvalue weighted by molar-refractivity contribution is 7.92. The van der Waals surface area contributed by atoms with E-state index < -0.39 is 10.0 Å². The van der Waals surface area contributed by atoms with Crippen LogP contribution in [-0.4, -0.2) is 13.6 Å². The van der Waals surface area contributed by atoms with Gasteiger partial charge in [-0.25, -0.2) is 8.42 Å². The lowest BCUT2D eigenvalue weighted by atomic mass is 9.99. The predicted molar refractivity (Wildman–Crippen MR) is 77.2 cm³/mol. The van der Waals surface area contributed by atoms with Gasteiger partial charge in [-0.2, -0.15) is 5.26 Å². The first-order chi connectivity index (χ1) is 9.96. The molecule has 0 spiro atoms. The Morgan fingerprint density at radius 3 is 2.57 bits per heavy atom. The number of hydrogen-bond donors (Lipinski definition) is 1. The van der Waals surface area contributed by atoms with Crippen LogP contribution in [0.5, 0.6) is 0 Å². The first-order valence-corrected chi connectivity index (χ1v) is 7.94. The zero-order valence-electron chi connectivity index (χ0n) is 11.7. The number of anilines is 1. The maximum absolute atomic E-state index is 12.2. The topological polar surface area (TPSA) is 96.0 Å². The normalized spacial score (nSPS) is 12.6. The standard InChI is InChI=1S/C14H15N3O3S/c1-3-10(2)11-4-6-13(7-5-11)21(18,19)17-14-8-12(9-15)20-16-14/h4-8,10H,3H2,1-2H3,(H,16,17). The maximum Gasteiger partial charge on any atom is 0.263 e. The number of sulfonamides is 1. The van der Waals surface area contributed by atoms with E-state index in [-0.39, 0.29) is 16.5 Å². The second-order valence-corrected chi connectivity index (χ2v) is 6.35. The summed E-state index contributed by atoms with van der Waals surface area (Å²) in [6, 6.07) is 9.66. The molecule has 0 aliphatic rings. The highest BCUT2D eigenvalue weighted by atomic mass is 32.2. The van der Waals surface area contributed by atoms with Gasteiger partial charge in [0.15, 0.2) is 5.82 Å². The van der Waals surface area contributed by atoms with Crippen LogP contribution >= 0.6 is 0 Å². The summed E-state index contributed by atoms with van der Waals surface area (Å²) < 4.78 is 31.2. The van der Waals surface area contributed by atoms with Crippen LogP contribution in [0, 0.1) is 11.3 Å². The monoisotopic (exact) mass is 305 g/mol. The second-order valence-electron chi connectivity index (χ2n) is 4.67. The molecule has 2 rings (SSSR count). The Bertz CT molecular complexity index is 758. The van der Waals surface area contributed by atoms with Crippen molar-refractivity contribution in [1.82, 2.24) is 5.16 Å². The van der Waals surface area contributed by atoms with Gasteiger partial charge in [0.25, 0.3) is 10.0 Å². The molecule has 110 valence electrons. The van der Waals surface area contributed by atoms with Crippen molar-refractivity contribution >= 4 is 15.8 Å². The molecule has 7 heteroatoms. The molecule has 0 radical (unpaired) electrons. The minimum absolute atomic E-state index is 0.0162. The number of nitrogens with one attached hydrogen (secondary N) is 1. The average Bonchev–Trinajstić information content (AvgIpc) is 2.93. The maximum atomic E-state index is 12.2. The van der Waals surface area contributed by atoms with Crippen molar-refractivity contribution in [3.05, 3.63) is 41.7 Å². The van der Waals surface area contributed by atoms with E-state index in [0.29, 0.717) is 5.92 Å². The lowest BCUT2D eigenvalue weighted by molar-refractivity contribution is 0.413. The number of nitriles is 1. The van der Waals surface area contributed by atoms with Crippen molar-refractivity contribution in [3.63, 3.8) is 0 Å². The number of benzene rings is 1. The van der Waals surface area contributed by atoms with Gasteiger partial charge in [0.1, 0.15) is 6.07 Å². The van der Waals surface area contributed by atoms with E-state index in [0.717, 1.165) is 12.0 Å². The van der Waals surface area contributed by atoms with Crippen LogP contribution in [0.4, 0.5) is 5.82 Å². The van der Waals surface area contributed by atoms with Gasteiger partial charge >= 0.3 is 0 Å². The van der Waals surface area contributed by atoms with Crippen molar-refractivity contribution in [2.75, 3.05) is 4.72 Å². The second kappa shape index (κ2) is 5.97. The summed E-state index contributed by atoms with van der Waals surface area (Å²) >= 11 is 0. The molecule has 2 aromatic rings. The van der Waals surface area contributed by atoms with Gasteiger partial charge in [-0.05, 0) is 30.0 Å². The van der Waals surface area contributed by atoms with Crippen LogP contribution in [0.2, 0.25) is 0 Å². The molecule has 0 saturated carbocycles. The third-order valence-electron chi connectivity index (χ3n) is 3.23. The zero-order valence-corrected chi connectivity index (χ0v) is 12.5. The smallest absolute Gasteiger partial charge is 0.263 e. The highest BCUT2D eigenvalue weighted by Gasteiger charge is 2.17. The molecule has 6 nitrogen and oxygen atoms in total. The van der Waals surface area contributed by atoms with Crippen molar-refractivity contribution in [3.8, 4) is 6.07 Å². The van der Waals surface area contributed by atoms with Gasteiger partial charge in [0.05, 0.1) is 4.90 Å². The lowest BCUT2D eigenvalue weighted by Gasteiger charge is -2.10. The molecule has 1 aromatic heterocycles. The van der Waals surface area contributed by atoms with E-state index >= 15 is 0 Å². The highest BCUT2D eigenvalue weighted by Crippen LogP contribution is 2.21. The van der Waals surface area contributed by atoms with Crippen molar-refractivity contribution < 1.29 is 12.9 Å². The Morgan fingerprint density at radius 2 is 2.05 bits per heavy atom. The van der Waals surface area contributed by atoms with Crippen molar-refractivity contribution in [2.45, 2.75) is 31.1 Å². The molecule has 21 heavy (non-hydrogen) atoms. The van der Waals surface area contributed by atoms with Crippen LogP contribution in [-0.2, 0) is 10.0 Å². The summed E-state index contributed by atoms with van der Waals surface area (Å²) in [6.07, 6.45) is 0.986. The Balaban J connectivity index is 2.21. The minimum Gasteiger partial charge on any atom is -0.343 e. The van der Waals surface area contributed by atoms with E-state index in [1.807, 2.05) is 0 Å². The third-order valence-corrected chi connectivity index (χ3v) is 4.60. The van der Waals surface area contributed by atoms with Gasteiger partial charge in [-0.3, -0.25) is 4.72 Å². The fourth-order valence-corrected chi connectivity index (χ4v) is 2.77. The molecule has 1 atom stereocenters. The zero-order chi connectivity index (χ0) is 15.5. The molecule has 0 saturated heterocycles. The van der Waals surface area contributed by atoms with Crippen LogP contribution in [0.25, 0.3) is 0 Å². The van der Waals surface area contributed by atoms with Crippen molar-refractivity contribution in [1.29, 1.82) is 5.26 Å². The number of hydrogen-bond acceptors (Lipinski definition) is 5. The van der Waals surface area contributed by atoms with E-state index in [4.69, 9.17) is 5.26 Å². The van der Waals surface area contributed by atoms with E-state index in [2.05, 4.69) is 28.2 Å². The molecule has 1 unspecified atom stereocenters. The molecule has 1 N–H and O–H groups in total. The predicted octanol–water partition coefficient (Wildman–Crippen LogP) is 2.86. The summed E-state index contributed by atoms with van der Waals surface area (Å²) in [5.74, 6) is 0.306. The molecular formula is C14H15N3O3S. The van der Waals surface area contributed by atoms with E-state index in [1.54, 1.807) is 30.3 Å². The summed E-state index contributed by atoms with van der Waals surface area (Å²) in [4.78, 5) is 0.135. The molecule has 0 bridgehead atoms. The molecule has 1 aromatic carbocycles. The number of nitrogens with zero attached hydrogens (tertiary/aromatic N) is 2. The number of rotatable bonds is 5. The number of aromatic nitrogens is 1. The Kier molecular flexibility index (Phi) is 4.29. The van der Waals surface area contributed by atoms with E-state index in [9.17, 15) is 8.42 Å². The van der Waals surface area contributed by atoms with Gasteiger partial charge in [0.2, 0.25) is 5.76 Å². The summed E-state index contributed by atoms with van der Waals surface area (Å²) in [5.41, 5.74) is 1.09. The van der Waals surface area contributed by atoms with Gasteiger partial charge in [0, 0.05) is 6.07 Å². The first kappa shape index (κ1) is 15.1. The third kappa shape index (κ3) is 3.41. The van der Waals surface area contributed by atoms with Crippen molar-refractivity contribution in [2.24, 2.45) is 0 Å². The largest absolute Gasteiger partial charge is 0.343 e. The quantitative estimate of drug-likeness (QED) is 0.916. The van der Waals surface area contributed by atoms with E-state index in [1.165, 1.54) is 6.07 Å².